The highest BCUT2D eigenvalue weighted by Gasteiger charge is 2.26. The molecule has 0 radical (unpaired) electrons. The average molecular weight is 261 g/mol. The van der Waals surface area contributed by atoms with Gasteiger partial charge in [0.2, 0.25) is 5.91 Å². The minimum atomic E-state index is -0.0868. The van der Waals surface area contributed by atoms with Crippen LogP contribution in [0, 0.1) is 5.92 Å². The second kappa shape index (κ2) is 5.61. The summed E-state index contributed by atoms with van der Waals surface area (Å²) in [6, 6.07) is 7.91. The molecule has 4 heteroatoms. The lowest BCUT2D eigenvalue weighted by Gasteiger charge is -2.25. The van der Waals surface area contributed by atoms with Crippen LogP contribution in [-0.2, 0) is 16.0 Å². The van der Waals surface area contributed by atoms with Gasteiger partial charge in [0, 0.05) is 13.2 Å². The Morgan fingerprint density at radius 1 is 1.37 bits per heavy atom. The van der Waals surface area contributed by atoms with Crippen LogP contribution in [0.4, 0.5) is 0 Å². The molecule has 0 aromatic heterocycles. The fraction of sp³-hybridized carbons (Fsp3) is 0.533. The molecule has 1 amide bonds. The molecule has 2 aliphatic heterocycles. The van der Waals surface area contributed by atoms with Gasteiger partial charge in [0.1, 0.15) is 12.4 Å². The van der Waals surface area contributed by atoms with Crippen molar-refractivity contribution < 1.29 is 14.3 Å². The highest BCUT2D eigenvalue weighted by atomic mass is 16.5. The molecular weight excluding hydrogens is 242 g/mol. The van der Waals surface area contributed by atoms with Crippen LogP contribution in [0.1, 0.15) is 18.4 Å². The summed E-state index contributed by atoms with van der Waals surface area (Å²) in [6.07, 6.45) is 3.10. The van der Waals surface area contributed by atoms with Crippen LogP contribution in [0.15, 0.2) is 24.3 Å². The first-order valence-electron chi connectivity index (χ1n) is 6.93. The summed E-state index contributed by atoms with van der Waals surface area (Å²) in [7, 11) is 0. The second-order valence-electron chi connectivity index (χ2n) is 5.20. The summed E-state index contributed by atoms with van der Waals surface area (Å²) in [5.74, 6) is 0.895. The van der Waals surface area contributed by atoms with Gasteiger partial charge in [-0.3, -0.25) is 4.79 Å². The highest BCUT2D eigenvalue weighted by molar-refractivity contribution is 5.79. The molecule has 102 valence electrons. The second-order valence-corrected chi connectivity index (χ2v) is 5.20. The van der Waals surface area contributed by atoms with E-state index in [9.17, 15) is 4.79 Å². The third-order valence-corrected chi connectivity index (χ3v) is 3.78. The first kappa shape index (κ1) is 12.5. The molecule has 0 aliphatic carbocycles. The van der Waals surface area contributed by atoms with Crippen molar-refractivity contribution in [3.63, 3.8) is 0 Å². The molecule has 2 unspecified atom stereocenters. The zero-order chi connectivity index (χ0) is 13.1. The number of ether oxygens (including phenoxy) is 2. The van der Waals surface area contributed by atoms with E-state index >= 15 is 0 Å². The predicted molar refractivity (Wildman–Crippen MR) is 71.1 cm³/mol. The normalized spacial score (nSPS) is 25.5. The molecule has 0 saturated carbocycles. The zero-order valence-electron chi connectivity index (χ0n) is 10.9. The lowest BCUT2D eigenvalue weighted by atomic mass is 9.96. The Labute approximate surface area is 113 Å². The first-order chi connectivity index (χ1) is 9.33. The molecule has 1 aromatic carbocycles. The molecule has 0 bridgehead atoms. The maximum absolute atomic E-state index is 12.1. The molecule has 4 nitrogen and oxygen atoms in total. The van der Waals surface area contributed by atoms with Crippen LogP contribution in [0.2, 0.25) is 0 Å². The lowest BCUT2D eigenvalue weighted by molar-refractivity contribution is -0.126. The smallest absolute Gasteiger partial charge is 0.226 e. The maximum atomic E-state index is 12.1. The number of fused-ring (bicyclic) bond motifs is 1. The fourth-order valence-electron chi connectivity index (χ4n) is 2.66. The van der Waals surface area contributed by atoms with Crippen molar-refractivity contribution in [3.05, 3.63) is 29.8 Å². The molecule has 0 spiro atoms. The van der Waals surface area contributed by atoms with Crippen LogP contribution in [0.25, 0.3) is 0 Å². The van der Waals surface area contributed by atoms with Crippen molar-refractivity contribution >= 4 is 5.91 Å². The van der Waals surface area contributed by atoms with E-state index in [1.807, 2.05) is 24.3 Å². The number of benzene rings is 1. The molecule has 19 heavy (non-hydrogen) atoms. The number of nitrogens with one attached hydrogen (secondary N) is 1. The van der Waals surface area contributed by atoms with Crippen molar-refractivity contribution in [2.45, 2.75) is 25.4 Å². The topological polar surface area (TPSA) is 47.6 Å². The largest absolute Gasteiger partial charge is 0.492 e. The number of hydrogen-bond donors (Lipinski definition) is 1. The summed E-state index contributed by atoms with van der Waals surface area (Å²) in [6.45, 7) is 1.91. The van der Waals surface area contributed by atoms with E-state index in [0.717, 1.165) is 37.2 Å². The lowest BCUT2D eigenvalue weighted by Crippen LogP contribution is -2.40. The van der Waals surface area contributed by atoms with Gasteiger partial charge < -0.3 is 14.8 Å². The average Bonchev–Trinajstić information content (AvgIpc) is 2.97. The zero-order valence-corrected chi connectivity index (χ0v) is 10.9. The monoisotopic (exact) mass is 261 g/mol. The Morgan fingerprint density at radius 2 is 2.26 bits per heavy atom. The van der Waals surface area contributed by atoms with E-state index in [2.05, 4.69) is 5.32 Å². The van der Waals surface area contributed by atoms with Gasteiger partial charge in [-0.05, 0) is 30.9 Å². The Hall–Kier alpha value is -1.55. The van der Waals surface area contributed by atoms with E-state index in [1.54, 1.807) is 0 Å². The molecule has 2 aliphatic rings. The van der Waals surface area contributed by atoms with Gasteiger partial charge in [0.05, 0.1) is 12.0 Å². The molecule has 1 aromatic rings. The summed E-state index contributed by atoms with van der Waals surface area (Å²) in [5, 5.41) is 2.98. The molecule has 2 heterocycles. The van der Waals surface area contributed by atoms with Crippen LogP contribution in [-0.4, -0.2) is 31.8 Å². The van der Waals surface area contributed by atoms with E-state index in [0.29, 0.717) is 13.2 Å². The molecule has 1 fully saturated rings. The molecular formula is C15H19NO3. The van der Waals surface area contributed by atoms with Gasteiger partial charge in [-0.15, -0.1) is 0 Å². The highest BCUT2D eigenvalue weighted by Crippen LogP contribution is 2.26. The summed E-state index contributed by atoms with van der Waals surface area (Å²) in [4.78, 5) is 12.1. The van der Waals surface area contributed by atoms with Gasteiger partial charge in [0.15, 0.2) is 0 Å². The van der Waals surface area contributed by atoms with Crippen molar-refractivity contribution in [1.82, 2.24) is 5.32 Å². The molecule has 2 atom stereocenters. The van der Waals surface area contributed by atoms with Crippen LogP contribution in [0.5, 0.6) is 5.75 Å². The van der Waals surface area contributed by atoms with Gasteiger partial charge in [-0.25, -0.2) is 0 Å². The number of hydrogen-bond acceptors (Lipinski definition) is 3. The van der Waals surface area contributed by atoms with E-state index in [-0.39, 0.29) is 17.9 Å². The number of carbonyl (C=O) groups excluding carboxylic acids is 1. The van der Waals surface area contributed by atoms with Gasteiger partial charge >= 0.3 is 0 Å². The van der Waals surface area contributed by atoms with Crippen molar-refractivity contribution in [1.29, 1.82) is 0 Å². The summed E-state index contributed by atoms with van der Waals surface area (Å²) >= 11 is 0. The molecule has 1 saturated heterocycles. The fourth-order valence-corrected chi connectivity index (χ4v) is 2.66. The number of rotatable bonds is 3. The Balaban J connectivity index is 1.54. The summed E-state index contributed by atoms with van der Waals surface area (Å²) in [5.41, 5.74) is 1.12. The molecule has 1 N–H and O–H groups in total. The van der Waals surface area contributed by atoms with Crippen molar-refractivity contribution in [2.24, 2.45) is 5.92 Å². The first-order valence-corrected chi connectivity index (χ1v) is 6.93. The SMILES string of the molecule is O=C(NCC1CCCO1)C1COc2ccccc2C1. The molecule has 3 rings (SSSR count). The Kier molecular flexibility index (Phi) is 3.69. The third-order valence-electron chi connectivity index (χ3n) is 3.78. The number of para-hydroxylation sites is 1. The van der Waals surface area contributed by atoms with Crippen LogP contribution in [0.3, 0.4) is 0 Å². The van der Waals surface area contributed by atoms with E-state index < -0.39 is 0 Å². The standard InChI is InChI=1S/C15H19NO3/c17-15(16-9-13-5-3-7-18-13)12-8-11-4-1-2-6-14(11)19-10-12/h1-2,4,6,12-13H,3,5,7-10H2,(H,16,17). The Morgan fingerprint density at radius 3 is 3.11 bits per heavy atom. The predicted octanol–water partition coefficient (Wildman–Crippen LogP) is 1.53. The van der Waals surface area contributed by atoms with Gasteiger partial charge in [-0.1, -0.05) is 18.2 Å². The Bertz CT molecular complexity index is 454. The third kappa shape index (κ3) is 2.89. The maximum Gasteiger partial charge on any atom is 0.226 e. The minimum Gasteiger partial charge on any atom is -0.492 e. The van der Waals surface area contributed by atoms with E-state index in [1.165, 1.54) is 0 Å². The van der Waals surface area contributed by atoms with Gasteiger partial charge in [-0.2, -0.15) is 0 Å². The number of amides is 1. The van der Waals surface area contributed by atoms with Gasteiger partial charge in [0.25, 0.3) is 0 Å². The number of carbonyl (C=O) groups is 1. The summed E-state index contributed by atoms with van der Waals surface area (Å²) < 4.78 is 11.1. The van der Waals surface area contributed by atoms with Crippen LogP contribution >= 0.6 is 0 Å². The van der Waals surface area contributed by atoms with Crippen molar-refractivity contribution in [2.75, 3.05) is 19.8 Å². The van der Waals surface area contributed by atoms with E-state index in [4.69, 9.17) is 9.47 Å². The van der Waals surface area contributed by atoms with Crippen molar-refractivity contribution in [3.8, 4) is 5.75 Å². The van der Waals surface area contributed by atoms with Crippen LogP contribution < -0.4 is 10.1 Å². The quantitative estimate of drug-likeness (QED) is 0.897. The minimum absolute atomic E-state index is 0.0741.